The van der Waals surface area contributed by atoms with E-state index in [1.165, 1.54) is 0 Å². The first-order valence-corrected chi connectivity index (χ1v) is 7.40. The fourth-order valence-corrected chi connectivity index (χ4v) is 3.24. The van der Waals surface area contributed by atoms with E-state index in [-0.39, 0.29) is 11.9 Å². The number of carbonyl (C=O) groups excluding carboxylic acids is 1. The number of fused-ring (bicyclic) bond motifs is 1. The number of hydrogen-bond acceptors (Lipinski definition) is 2. The monoisotopic (exact) mass is 320 g/mol. The quantitative estimate of drug-likeness (QED) is 0.802. The number of anilines is 2. The van der Waals surface area contributed by atoms with Crippen molar-refractivity contribution < 1.29 is 4.79 Å². The topological polar surface area (TPSA) is 46.3 Å². The third-order valence-electron chi connectivity index (χ3n) is 3.70. The van der Waals surface area contributed by atoms with Crippen molar-refractivity contribution in [2.75, 3.05) is 10.6 Å². The number of benzene rings is 2. The summed E-state index contributed by atoms with van der Waals surface area (Å²) in [5.74, 6) is -0.118. The Labute approximate surface area is 133 Å². The molecule has 0 fully saturated rings. The number of nitrogens with zero attached hydrogens (tertiary/aromatic N) is 1. The molecule has 1 atom stereocenters. The second-order valence-corrected chi connectivity index (χ2v) is 6.08. The summed E-state index contributed by atoms with van der Waals surface area (Å²) in [6, 6.07) is 10.6. The number of hydrogen-bond donors (Lipinski definition) is 1. The molecule has 1 amide bonds. The van der Waals surface area contributed by atoms with Crippen LogP contribution in [0, 0.1) is 0 Å². The van der Waals surface area contributed by atoms with Gasteiger partial charge in [0.25, 0.3) is 5.91 Å². The predicted molar refractivity (Wildman–Crippen MR) is 87.3 cm³/mol. The van der Waals surface area contributed by atoms with Crippen molar-refractivity contribution in [2.24, 2.45) is 0 Å². The first-order valence-electron chi connectivity index (χ1n) is 6.64. The molecule has 108 valence electrons. The zero-order valence-electron chi connectivity index (χ0n) is 11.4. The molecule has 1 heterocycles. The molecule has 0 saturated carbocycles. The second kappa shape index (κ2) is 5.24. The van der Waals surface area contributed by atoms with E-state index in [1.54, 1.807) is 29.2 Å². The SMILES string of the molecule is CC1Cc2cc(N)ccc2N1C(=O)c1ccc(Cl)cc1Cl. The van der Waals surface area contributed by atoms with Gasteiger partial charge in [-0.25, -0.2) is 0 Å². The van der Waals surface area contributed by atoms with E-state index in [2.05, 4.69) is 0 Å². The Balaban J connectivity index is 2.03. The normalized spacial score (nSPS) is 16.9. The van der Waals surface area contributed by atoms with Crippen LogP contribution in [0.3, 0.4) is 0 Å². The summed E-state index contributed by atoms with van der Waals surface area (Å²) in [4.78, 5) is 14.6. The van der Waals surface area contributed by atoms with Gasteiger partial charge in [0.1, 0.15) is 0 Å². The predicted octanol–water partition coefficient (Wildman–Crippen LogP) is 4.17. The van der Waals surface area contributed by atoms with Crippen LogP contribution in [-0.2, 0) is 6.42 Å². The summed E-state index contributed by atoms with van der Waals surface area (Å²) >= 11 is 12.0. The molecule has 21 heavy (non-hydrogen) atoms. The second-order valence-electron chi connectivity index (χ2n) is 5.24. The van der Waals surface area contributed by atoms with Crippen LogP contribution in [0.5, 0.6) is 0 Å². The standard InChI is InChI=1S/C16H14Cl2N2O/c1-9-6-10-7-12(19)3-5-15(10)20(9)16(21)13-4-2-11(17)8-14(13)18/h2-5,7-9H,6,19H2,1H3. The van der Waals surface area contributed by atoms with Crippen LogP contribution in [-0.4, -0.2) is 11.9 Å². The van der Waals surface area contributed by atoms with E-state index < -0.39 is 0 Å². The molecule has 1 aliphatic heterocycles. The first kappa shape index (κ1) is 14.2. The van der Waals surface area contributed by atoms with Crippen molar-refractivity contribution in [1.29, 1.82) is 0 Å². The van der Waals surface area contributed by atoms with Gasteiger partial charge in [0.05, 0.1) is 10.6 Å². The Bertz CT molecular complexity index is 730. The summed E-state index contributed by atoms with van der Waals surface area (Å²) in [6.07, 6.45) is 0.789. The van der Waals surface area contributed by atoms with Gasteiger partial charge >= 0.3 is 0 Å². The van der Waals surface area contributed by atoms with Crippen molar-refractivity contribution in [2.45, 2.75) is 19.4 Å². The fourth-order valence-electron chi connectivity index (χ4n) is 2.75. The molecule has 2 N–H and O–H groups in total. The zero-order valence-corrected chi connectivity index (χ0v) is 12.9. The summed E-state index contributed by atoms with van der Waals surface area (Å²) in [5.41, 5.74) is 8.95. The molecule has 0 saturated heterocycles. The lowest BCUT2D eigenvalue weighted by molar-refractivity contribution is 0.0981. The molecule has 0 spiro atoms. The molecular formula is C16H14Cl2N2O. The molecule has 5 heteroatoms. The van der Waals surface area contributed by atoms with Gasteiger partial charge in [-0.3, -0.25) is 4.79 Å². The van der Waals surface area contributed by atoms with Gasteiger partial charge in [-0.1, -0.05) is 23.2 Å². The molecule has 0 radical (unpaired) electrons. The minimum Gasteiger partial charge on any atom is -0.399 e. The maximum Gasteiger partial charge on any atom is 0.260 e. The lowest BCUT2D eigenvalue weighted by Crippen LogP contribution is -2.35. The van der Waals surface area contributed by atoms with Crippen LogP contribution < -0.4 is 10.6 Å². The van der Waals surface area contributed by atoms with Crippen molar-refractivity contribution in [3.05, 3.63) is 57.6 Å². The lowest BCUT2D eigenvalue weighted by Gasteiger charge is -2.23. The highest BCUT2D eigenvalue weighted by Gasteiger charge is 2.32. The van der Waals surface area contributed by atoms with Gasteiger partial charge in [-0.05, 0) is 55.3 Å². The summed E-state index contributed by atoms with van der Waals surface area (Å²) in [5, 5.41) is 0.878. The molecule has 2 aromatic rings. The number of halogens is 2. The van der Waals surface area contributed by atoms with Crippen LogP contribution >= 0.6 is 23.2 Å². The zero-order chi connectivity index (χ0) is 15.1. The molecule has 3 rings (SSSR count). The van der Waals surface area contributed by atoms with Crippen LogP contribution in [0.15, 0.2) is 36.4 Å². The average Bonchev–Trinajstić information content (AvgIpc) is 2.73. The van der Waals surface area contributed by atoms with E-state index in [0.29, 0.717) is 21.3 Å². The number of rotatable bonds is 1. The molecular weight excluding hydrogens is 307 g/mol. The molecule has 3 nitrogen and oxygen atoms in total. The molecule has 1 unspecified atom stereocenters. The molecule has 1 aliphatic rings. The van der Waals surface area contributed by atoms with E-state index in [1.807, 2.05) is 19.1 Å². The lowest BCUT2D eigenvalue weighted by atomic mass is 10.1. The Hall–Kier alpha value is -1.71. The van der Waals surface area contributed by atoms with Gasteiger partial charge < -0.3 is 10.6 Å². The highest BCUT2D eigenvalue weighted by atomic mass is 35.5. The maximum absolute atomic E-state index is 12.8. The third-order valence-corrected chi connectivity index (χ3v) is 4.25. The smallest absolute Gasteiger partial charge is 0.260 e. The highest BCUT2D eigenvalue weighted by molar-refractivity contribution is 6.37. The molecule has 0 aliphatic carbocycles. The summed E-state index contributed by atoms with van der Waals surface area (Å²) < 4.78 is 0. The summed E-state index contributed by atoms with van der Waals surface area (Å²) in [6.45, 7) is 2.01. The maximum atomic E-state index is 12.8. The van der Waals surface area contributed by atoms with Crippen molar-refractivity contribution in [1.82, 2.24) is 0 Å². The summed E-state index contributed by atoms with van der Waals surface area (Å²) in [7, 11) is 0. The largest absolute Gasteiger partial charge is 0.399 e. The third kappa shape index (κ3) is 2.47. The molecule has 2 aromatic carbocycles. The highest BCUT2D eigenvalue weighted by Crippen LogP contribution is 2.35. The molecule has 0 bridgehead atoms. The number of carbonyl (C=O) groups is 1. The van der Waals surface area contributed by atoms with Gasteiger partial charge in [0.2, 0.25) is 0 Å². The van der Waals surface area contributed by atoms with Gasteiger partial charge in [-0.15, -0.1) is 0 Å². The van der Waals surface area contributed by atoms with Crippen LogP contribution in [0.4, 0.5) is 11.4 Å². The van der Waals surface area contributed by atoms with Crippen molar-refractivity contribution >= 4 is 40.5 Å². The molecule has 0 aromatic heterocycles. The van der Waals surface area contributed by atoms with Crippen LogP contribution in [0.25, 0.3) is 0 Å². The first-order chi connectivity index (χ1) is 9.97. The number of nitrogens with two attached hydrogens (primary N) is 1. The van der Waals surface area contributed by atoms with Gasteiger partial charge in [-0.2, -0.15) is 0 Å². The van der Waals surface area contributed by atoms with E-state index in [4.69, 9.17) is 28.9 Å². The van der Waals surface area contributed by atoms with E-state index in [9.17, 15) is 4.79 Å². The number of nitrogen functional groups attached to an aromatic ring is 1. The van der Waals surface area contributed by atoms with Gasteiger partial charge in [0, 0.05) is 22.4 Å². The fraction of sp³-hybridized carbons (Fsp3) is 0.188. The van der Waals surface area contributed by atoms with Gasteiger partial charge in [0.15, 0.2) is 0 Å². The van der Waals surface area contributed by atoms with E-state index in [0.717, 1.165) is 17.7 Å². The average molecular weight is 321 g/mol. The minimum absolute atomic E-state index is 0.0704. The number of amides is 1. The van der Waals surface area contributed by atoms with E-state index >= 15 is 0 Å². The van der Waals surface area contributed by atoms with Crippen molar-refractivity contribution in [3.63, 3.8) is 0 Å². The minimum atomic E-state index is -0.118. The van der Waals surface area contributed by atoms with Crippen LogP contribution in [0.1, 0.15) is 22.8 Å². The Morgan fingerprint density at radius 2 is 2.00 bits per heavy atom. The Morgan fingerprint density at radius 1 is 1.24 bits per heavy atom. The Morgan fingerprint density at radius 3 is 2.71 bits per heavy atom. The van der Waals surface area contributed by atoms with Crippen molar-refractivity contribution in [3.8, 4) is 0 Å². The van der Waals surface area contributed by atoms with Crippen LogP contribution in [0.2, 0.25) is 10.0 Å². The Kier molecular flexibility index (Phi) is 3.56.